The summed E-state index contributed by atoms with van der Waals surface area (Å²) in [7, 11) is 1.38. The van der Waals surface area contributed by atoms with Gasteiger partial charge in [-0.05, 0) is 31.4 Å². The van der Waals surface area contributed by atoms with Crippen LogP contribution in [0.3, 0.4) is 0 Å². The van der Waals surface area contributed by atoms with Crippen LogP contribution in [-0.2, 0) is 29.0 Å². The maximum absolute atomic E-state index is 11.8. The molecule has 0 unspecified atom stereocenters. The van der Waals surface area contributed by atoms with E-state index in [2.05, 4.69) is 16.5 Å². The number of hydrogen-bond donors (Lipinski definition) is 1. The first-order valence-electron chi connectivity index (χ1n) is 6.37. The maximum Gasteiger partial charge on any atom is 0.339 e. The summed E-state index contributed by atoms with van der Waals surface area (Å²) in [6, 6.07) is 1.82. The summed E-state index contributed by atoms with van der Waals surface area (Å²) in [5, 5.41) is 2.74. The van der Waals surface area contributed by atoms with Gasteiger partial charge in [-0.25, -0.2) is 4.79 Å². The third-order valence-electron chi connectivity index (χ3n) is 3.37. The normalized spacial score (nSPS) is 13.5. The van der Waals surface area contributed by atoms with Crippen LogP contribution in [0.5, 0.6) is 0 Å². The highest BCUT2D eigenvalue weighted by molar-refractivity contribution is 5.91. The van der Waals surface area contributed by atoms with Gasteiger partial charge in [-0.3, -0.25) is 4.79 Å². The number of esters is 1. The van der Waals surface area contributed by atoms with Crippen molar-refractivity contribution in [3.05, 3.63) is 35.7 Å². The first kappa shape index (κ1) is 13.4. The number of methoxy groups -OCH3 is 1. The van der Waals surface area contributed by atoms with Crippen molar-refractivity contribution in [2.45, 2.75) is 32.4 Å². The third-order valence-corrected chi connectivity index (χ3v) is 3.37. The van der Waals surface area contributed by atoms with Crippen molar-refractivity contribution in [2.24, 2.45) is 0 Å². The Balaban J connectivity index is 2.28. The molecule has 102 valence electrons. The number of nitrogens with zero attached hydrogens (tertiary/aromatic N) is 1. The fourth-order valence-electron chi connectivity index (χ4n) is 2.44. The average Bonchev–Trinajstić information content (AvgIpc) is 2.83. The first-order chi connectivity index (χ1) is 9.17. The van der Waals surface area contributed by atoms with Crippen molar-refractivity contribution >= 4 is 11.9 Å². The summed E-state index contributed by atoms with van der Waals surface area (Å²) in [5.41, 5.74) is 2.57. The van der Waals surface area contributed by atoms with Gasteiger partial charge < -0.3 is 14.6 Å². The van der Waals surface area contributed by atoms with E-state index in [1.807, 2.05) is 6.07 Å². The number of hydrogen-bond acceptors (Lipinski definition) is 3. The largest absolute Gasteiger partial charge is 0.465 e. The maximum atomic E-state index is 11.8. The van der Waals surface area contributed by atoms with E-state index in [1.54, 1.807) is 0 Å². The molecule has 0 aromatic carbocycles. The molecule has 0 bridgehead atoms. The molecule has 0 aliphatic carbocycles. The zero-order valence-corrected chi connectivity index (χ0v) is 11.1. The Kier molecular flexibility index (Phi) is 4.04. The van der Waals surface area contributed by atoms with E-state index in [1.165, 1.54) is 13.2 Å². The standard InChI is InChI=1S/C14H18N2O3/c1-3-13(17)15-9-10-8-11(14(18)19-2)12-6-4-5-7-16(10)12/h3,8H,1,4-7,9H2,2H3,(H,15,17). The Bertz CT molecular complexity index is 517. The molecule has 0 fully saturated rings. The lowest BCUT2D eigenvalue weighted by Crippen LogP contribution is -2.23. The molecule has 2 rings (SSSR count). The fourth-order valence-corrected chi connectivity index (χ4v) is 2.44. The second-order valence-corrected chi connectivity index (χ2v) is 4.52. The highest BCUT2D eigenvalue weighted by Crippen LogP contribution is 2.24. The van der Waals surface area contributed by atoms with Crippen molar-refractivity contribution in [3.8, 4) is 0 Å². The lowest BCUT2D eigenvalue weighted by Gasteiger charge is -2.18. The van der Waals surface area contributed by atoms with Crippen LogP contribution in [0.2, 0.25) is 0 Å². The van der Waals surface area contributed by atoms with Gasteiger partial charge in [-0.1, -0.05) is 6.58 Å². The summed E-state index contributed by atoms with van der Waals surface area (Å²) in [6.07, 6.45) is 4.28. The van der Waals surface area contributed by atoms with E-state index < -0.39 is 0 Å². The van der Waals surface area contributed by atoms with E-state index in [0.29, 0.717) is 12.1 Å². The molecular formula is C14H18N2O3. The fraction of sp³-hybridized carbons (Fsp3) is 0.429. The van der Waals surface area contributed by atoms with Crippen LogP contribution in [-0.4, -0.2) is 23.6 Å². The molecule has 1 aliphatic heterocycles. The Morgan fingerprint density at radius 1 is 1.53 bits per heavy atom. The lowest BCUT2D eigenvalue weighted by atomic mass is 10.1. The molecule has 1 aromatic rings. The predicted molar refractivity (Wildman–Crippen MR) is 70.8 cm³/mol. The van der Waals surface area contributed by atoms with Crippen LogP contribution in [0.15, 0.2) is 18.7 Å². The van der Waals surface area contributed by atoms with Crippen molar-refractivity contribution < 1.29 is 14.3 Å². The van der Waals surface area contributed by atoms with Gasteiger partial charge in [0, 0.05) is 17.9 Å². The molecule has 0 radical (unpaired) electrons. The zero-order chi connectivity index (χ0) is 13.8. The quantitative estimate of drug-likeness (QED) is 0.659. The minimum atomic E-state index is -0.313. The van der Waals surface area contributed by atoms with Crippen molar-refractivity contribution in [1.82, 2.24) is 9.88 Å². The van der Waals surface area contributed by atoms with Crippen LogP contribution in [0.25, 0.3) is 0 Å². The van der Waals surface area contributed by atoms with Crippen LogP contribution < -0.4 is 5.32 Å². The zero-order valence-electron chi connectivity index (χ0n) is 11.1. The molecule has 1 aromatic heterocycles. The summed E-state index contributed by atoms with van der Waals surface area (Å²) >= 11 is 0. The Labute approximate surface area is 112 Å². The number of carbonyl (C=O) groups excluding carboxylic acids is 2. The van der Waals surface area contributed by atoms with E-state index in [4.69, 9.17) is 4.74 Å². The summed E-state index contributed by atoms with van der Waals surface area (Å²) in [6.45, 7) is 4.69. The highest BCUT2D eigenvalue weighted by Gasteiger charge is 2.22. The van der Waals surface area contributed by atoms with E-state index in [9.17, 15) is 9.59 Å². The van der Waals surface area contributed by atoms with Crippen molar-refractivity contribution in [3.63, 3.8) is 0 Å². The molecule has 1 aliphatic rings. The summed E-state index contributed by atoms with van der Waals surface area (Å²) in [4.78, 5) is 23.0. The number of fused-ring (bicyclic) bond motifs is 1. The Morgan fingerprint density at radius 3 is 3.00 bits per heavy atom. The average molecular weight is 262 g/mol. The van der Waals surface area contributed by atoms with Crippen LogP contribution in [0, 0.1) is 0 Å². The number of carbonyl (C=O) groups is 2. The molecule has 0 saturated heterocycles. The molecule has 0 spiro atoms. The lowest BCUT2D eigenvalue weighted by molar-refractivity contribution is -0.116. The summed E-state index contributed by atoms with van der Waals surface area (Å²) in [5.74, 6) is -0.530. The molecule has 1 amide bonds. The summed E-state index contributed by atoms with van der Waals surface area (Å²) < 4.78 is 6.92. The number of aromatic nitrogens is 1. The second kappa shape index (κ2) is 5.73. The molecule has 19 heavy (non-hydrogen) atoms. The third kappa shape index (κ3) is 2.70. The van der Waals surface area contributed by atoms with Gasteiger partial charge >= 0.3 is 5.97 Å². The van der Waals surface area contributed by atoms with Gasteiger partial charge in [0.1, 0.15) is 0 Å². The minimum absolute atomic E-state index is 0.217. The van der Waals surface area contributed by atoms with Gasteiger partial charge in [-0.15, -0.1) is 0 Å². The molecule has 5 heteroatoms. The monoisotopic (exact) mass is 262 g/mol. The van der Waals surface area contributed by atoms with Crippen LogP contribution >= 0.6 is 0 Å². The molecule has 0 saturated carbocycles. The smallest absolute Gasteiger partial charge is 0.339 e. The molecule has 2 heterocycles. The van der Waals surface area contributed by atoms with Gasteiger partial charge in [0.05, 0.1) is 19.2 Å². The number of amides is 1. The van der Waals surface area contributed by atoms with E-state index >= 15 is 0 Å². The molecule has 5 nitrogen and oxygen atoms in total. The second-order valence-electron chi connectivity index (χ2n) is 4.52. The van der Waals surface area contributed by atoms with Gasteiger partial charge in [0.15, 0.2) is 0 Å². The van der Waals surface area contributed by atoms with Crippen LogP contribution in [0.4, 0.5) is 0 Å². The predicted octanol–water partition coefficient (Wildman–Crippen LogP) is 1.41. The highest BCUT2D eigenvalue weighted by atomic mass is 16.5. The van der Waals surface area contributed by atoms with Crippen molar-refractivity contribution in [1.29, 1.82) is 0 Å². The van der Waals surface area contributed by atoms with E-state index in [-0.39, 0.29) is 11.9 Å². The molecule has 0 atom stereocenters. The van der Waals surface area contributed by atoms with Crippen molar-refractivity contribution in [2.75, 3.05) is 7.11 Å². The minimum Gasteiger partial charge on any atom is -0.465 e. The molecule has 1 N–H and O–H groups in total. The number of rotatable bonds is 4. The topological polar surface area (TPSA) is 60.3 Å². The van der Waals surface area contributed by atoms with Gasteiger partial charge in [0.2, 0.25) is 5.91 Å². The first-order valence-corrected chi connectivity index (χ1v) is 6.37. The number of nitrogens with one attached hydrogen (secondary N) is 1. The Hall–Kier alpha value is -2.04. The Morgan fingerprint density at radius 2 is 2.32 bits per heavy atom. The van der Waals surface area contributed by atoms with E-state index in [0.717, 1.165) is 37.2 Å². The van der Waals surface area contributed by atoms with Gasteiger partial charge in [0.25, 0.3) is 0 Å². The number of ether oxygens (including phenoxy) is 1. The molecular weight excluding hydrogens is 244 g/mol. The van der Waals surface area contributed by atoms with Crippen LogP contribution in [0.1, 0.15) is 34.6 Å². The SMILES string of the molecule is C=CC(=O)NCc1cc(C(=O)OC)c2n1CCCC2. The van der Waals surface area contributed by atoms with Gasteiger partial charge in [-0.2, -0.15) is 0 Å².